The molecule has 12 heavy (non-hydrogen) atoms. The summed E-state index contributed by atoms with van der Waals surface area (Å²) in [6.45, 7) is 4.35. The van der Waals surface area contributed by atoms with Gasteiger partial charge < -0.3 is 15.3 Å². The van der Waals surface area contributed by atoms with E-state index in [0.29, 0.717) is 19.6 Å². The van der Waals surface area contributed by atoms with Gasteiger partial charge in [0, 0.05) is 13.1 Å². The number of aliphatic hydroxyl groups is 1. The number of aliphatic hydroxyl groups excluding tert-OH is 1. The third-order valence-electron chi connectivity index (χ3n) is 1.92. The summed E-state index contributed by atoms with van der Waals surface area (Å²) in [7, 11) is 0. The van der Waals surface area contributed by atoms with Crippen LogP contribution in [0.5, 0.6) is 0 Å². The molecule has 0 unspecified atom stereocenters. The first-order chi connectivity index (χ1) is 5.74. The lowest BCUT2D eigenvalue weighted by molar-refractivity contribution is -0.140. The smallest absolute Gasteiger partial charge is 0.236 e. The number of hydrogen-bond acceptors (Lipinski definition) is 3. The topological polar surface area (TPSA) is 52.6 Å². The average molecular weight is 172 g/mol. The minimum Gasteiger partial charge on any atom is -0.389 e. The highest BCUT2D eigenvalue weighted by molar-refractivity contribution is 5.79. The SMILES string of the molecule is CCCNCC(=O)N1CC(O)C1. The number of carbonyl (C=O) groups is 1. The number of amides is 1. The maximum Gasteiger partial charge on any atom is 0.236 e. The Bertz CT molecular complexity index is 155. The summed E-state index contributed by atoms with van der Waals surface area (Å²) in [6.07, 6.45) is 0.746. The molecule has 0 aromatic carbocycles. The lowest BCUT2D eigenvalue weighted by atomic mass is 10.2. The Morgan fingerprint density at radius 1 is 1.67 bits per heavy atom. The van der Waals surface area contributed by atoms with Crippen LogP contribution in [0.2, 0.25) is 0 Å². The molecular weight excluding hydrogens is 156 g/mol. The van der Waals surface area contributed by atoms with Gasteiger partial charge in [-0.1, -0.05) is 6.92 Å². The van der Waals surface area contributed by atoms with Crippen LogP contribution in [0.3, 0.4) is 0 Å². The lowest BCUT2D eigenvalue weighted by Crippen LogP contribution is -2.55. The largest absolute Gasteiger partial charge is 0.389 e. The second-order valence-electron chi connectivity index (χ2n) is 3.13. The fourth-order valence-corrected chi connectivity index (χ4v) is 1.14. The highest BCUT2D eigenvalue weighted by atomic mass is 16.3. The van der Waals surface area contributed by atoms with Crippen LogP contribution in [0.4, 0.5) is 0 Å². The first-order valence-electron chi connectivity index (χ1n) is 4.40. The van der Waals surface area contributed by atoms with E-state index in [4.69, 9.17) is 5.11 Å². The summed E-state index contributed by atoms with van der Waals surface area (Å²) >= 11 is 0. The van der Waals surface area contributed by atoms with E-state index >= 15 is 0 Å². The van der Waals surface area contributed by atoms with Gasteiger partial charge in [-0.05, 0) is 13.0 Å². The Hall–Kier alpha value is -0.610. The zero-order chi connectivity index (χ0) is 8.97. The second kappa shape index (κ2) is 4.42. The fraction of sp³-hybridized carbons (Fsp3) is 0.875. The molecule has 70 valence electrons. The van der Waals surface area contributed by atoms with Crippen LogP contribution < -0.4 is 5.32 Å². The monoisotopic (exact) mass is 172 g/mol. The molecule has 1 aliphatic heterocycles. The summed E-state index contributed by atoms with van der Waals surface area (Å²) in [4.78, 5) is 12.9. The molecule has 1 heterocycles. The molecular formula is C8H16N2O2. The van der Waals surface area contributed by atoms with Gasteiger partial charge in [0.25, 0.3) is 0 Å². The molecule has 1 aliphatic rings. The predicted octanol–water partition coefficient (Wildman–Crippen LogP) is -0.811. The number of hydrogen-bond donors (Lipinski definition) is 2. The van der Waals surface area contributed by atoms with Crippen molar-refractivity contribution in [2.24, 2.45) is 0 Å². The van der Waals surface area contributed by atoms with Crippen LogP contribution in [0.1, 0.15) is 13.3 Å². The zero-order valence-electron chi connectivity index (χ0n) is 7.42. The van der Waals surface area contributed by atoms with E-state index in [0.717, 1.165) is 13.0 Å². The van der Waals surface area contributed by atoms with Gasteiger partial charge in [0.15, 0.2) is 0 Å². The summed E-state index contributed by atoms with van der Waals surface area (Å²) in [5.41, 5.74) is 0. The van der Waals surface area contributed by atoms with Crippen LogP contribution in [0, 0.1) is 0 Å². The van der Waals surface area contributed by atoms with Crippen molar-refractivity contribution in [3.8, 4) is 0 Å². The average Bonchev–Trinajstić information content (AvgIpc) is 1.99. The van der Waals surface area contributed by atoms with Crippen molar-refractivity contribution >= 4 is 5.91 Å². The van der Waals surface area contributed by atoms with Crippen molar-refractivity contribution in [3.05, 3.63) is 0 Å². The van der Waals surface area contributed by atoms with E-state index in [-0.39, 0.29) is 12.0 Å². The molecule has 4 nitrogen and oxygen atoms in total. The third-order valence-corrected chi connectivity index (χ3v) is 1.92. The third kappa shape index (κ3) is 2.46. The maximum absolute atomic E-state index is 11.2. The number of nitrogens with one attached hydrogen (secondary N) is 1. The molecule has 0 bridgehead atoms. The minimum atomic E-state index is -0.292. The Morgan fingerprint density at radius 3 is 2.83 bits per heavy atom. The molecule has 1 fully saturated rings. The van der Waals surface area contributed by atoms with Gasteiger partial charge in [-0.25, -0.2) is 0 Å². The number of likely N-dealkylation sites (tertiary alicyclic amines) is 1. The fourth-order valence-electron chi connectivity index (χ4n) is 1.14. The summed E-state index contributed by atoms with van der Waals surface area (Å²) in [6, 6.07) is 0. The maximum atomic E-state index is 11.2. The molecule has 1 amide bonds. The van der Waals surface area contributed by atoms with Crippen molar-refractivity contribution in [1.29, 1.82) is 0 Å². The minimum absolute atomic E-state index is 0.0914. The standard InChI is InChI=1S/C8H16N2O2/c1-2-3-9-4-8(12)10-5-7(11)6-10/h7,9,11H,2-6H2,1H3. The van der Waals surface area contributed by atoms with Crippen molar-refractivity contribution in [2.75, 3.05) is 26.2 Å². The Morgan fingerprint density at radius 2 is 2.33 bits per heavy atom. The van der Waals surface area contributed by atoms with Crippen LogP contribution in [0.15, 0.2) is 0 Å². The molecule has 1 saturated heterocycles. The van der Waals surface area contributed by atoms with Gasteiger partial charge in [-0.15, -0.1) is 0 Å². The van der Waals surface area contributed by atoms with Gasteiger partial charge in [-0.3, -0.25) is 4.79 Å². The van der Waals surface area contributed by atoms with Crippen LogP contribution in [-0.4, -0.2) is 48.2 Å². The number of β-amino-alcohol motifs (C(OH)–C–C–N with tert-alkyl or cyclic N) is 1. The van der Waals surface area contributed by atoms with Gasteiger partial charge in [0.2, 0.25) is 5.91 Å². The first kappa shape index (κ1) is 9.48. The second-order valence-corrected chi connectivity index (χ2v) is 3.13. The Kier molecular flexibility index (Phi) is 3.49. The van der Waals surface area contributed by atoms with Gasteiger partial charge in [0.05, 0.1) is 12.6 Å². The van der Waals surface area contributed by atoms with Gasteiger partial charge in [-0.2, -0.15) is 0 Å². The molecule has 0 aromatic rings. The molecule has 4 heteroatoms. The van der Waals surface area contributed by atoms with Crippen LogP contribution in [0.25, 0.3) is 0 Å². The first-order valence-corrected chi connectivity index (χ1v) is 4.40. The molecule has 0 saturated carbocycles. The van der Waals surface area contributed by atoms with E-state index in [2.05, 4.69) is 12.2 Å². The van der Waals surface area contributed by atoms with Crippen LogP contribution >= 0.6 is 0 Å². The zero-order valence-corrected chi connectivity index (χ0v) is 7.42. The molecule has 0 spiro atoms. The van der Waals surface area contributed by atoms with E-state index in [1.165, 1.54) is 0 Å². The van der Waals surface area contributed by atoms with Crippen molar-refractivity contribution < 1.29 is 9.90 Å². The quantitative estimate of drug-likeness (QED) is 0.545. The lowest BCUT2D eigenvalue weighted by Gasteiger charge is -2.35. The number of rotatable bonds is 4. The normalized spacial score (nSPS) is 17.7. The highest BCUT2D eigenvalue weighted by Crippen LogP contribution is 2.06. The van der Waals surface area contributed by atoms with E-state index in [1.807, 2.05) is 0 Å². The number of carbonyl (C=O) groups excluding carboxylic acids is 1. The molecule has 1 rings (SSSR count). The highest BCUT2D eigenvalue weighted by Gasteiger charge is 2.27. The summed E-state index contributed by atoms with van der Waals surface area (Å²) in [5.74, 6) is 0.0914. The molecule has 0 atom stereocenters. The molecule has 0 aliphatic carbocycles. The van der Waals surface area contributed by atoms with E-state index in [1.54, 1.807) is 4.90 Å². The Balaban J connectivity index is 2.04. The van der Waals surface area contributed by atoms with Gasteiger partial charge in [0.1, 0.15) is 0 Å². The summed E-state index contributed by atoms with van der Waals surface area (Å²) in [5, 5.41) is 12.0. The van der Waals surface area contributed by atoms with Crippen molar-refractivity contribution in [1.82, 2.24) is 10.2 Å². The predicted molar refractivity (Wildman–Crippen MR) is 45.7 cm³/mol. The molecule has 2 N–H and O–H groups in total. The molecule has 0 radical (unpaired) electrons. The Labute approximate surface area is 72.6 Å². The summed E-state index contributed by atoms with van der Waals surface area (Å²) < 4.78 is 0. The number of nitrogens with zero attached hydrogens (tertiary/aromatic N) is 1. The van der Waals surface area contributed by atoms with Crippen molar-refractivity contribution in [2.45, 2.75) is 19.4 Å². The van der Waals surface area contributed by atoms with E-state index < -0.39 is 0 Å². The molecule has 0 aromatic heterocycles. The van der Waals surface area contributed by atoms with Gasteiger partial charge >= 0.3 is 0 Å². The van der Waals surface area contributed by atoms with E-state index in [9.17, 15) is 4.79 Å². The van der Waals surface area contributed by atoms with Crippen LogP contribution in [-0.2, 0) is 4.79 Å². The van der Waals surface area contributed by atoms with Crippen molar-refractivity contribution in [3.63, 3.8) is 0 Å².